The van der Waals surface area contributed by atoms with Gasteiger partial charge in [0.1, 0.15) is 0 Å². The monoisotopic (exact) mass is 290 g/mol. The number of hydrogen-bond donors (Lipinski definition) is 3. The number of aliphatic carboxylic acids is 1. The fourth-order valence-corrected chi connectivity index (χ4v) is 2.15. The van der Waals surface area contributed by atoms with Crippen molar-refractivity contribution in [3.8, 4) is 0 Å². The SMILES string of the molecule is CC(=O)NCCO[C@@H](Cc1c[nH]c2ccccc12)C(=O)O. The zero-order valence-corrected chi connectivity index (χ0v) is 11.8. The molecule has 1 aromatic heterocycles. The summed E-state index contributed by atoms with van der Waals surface area (Å²) in [6, 6.07) is 7.71. The van der Waals surface area contributed by atoms with Gasteiger partial charge in [0.05, 0.1) is 6.61 Å². The van der Waals surface area contributed by atoms with Crippen molar-refractivity contribution in [1.29, 1.82) is 0 Å². The molecule has 0 aliphatic heterocycles. The highest BCUT2D eigenvalue weighted by molar-refractivity contribution is 5.84. The van der Waals surface area contributed by atoms with Crippen molar-refractivity contribution >= 4 is 22.8 Å². The molecule has 0 saturated carbocycles. The Morgan fingerprint density at radius 1 is 1.38 bits per heavy atom. The number of carbonyl (C=O) groups excluding carboxylic acids is 1. The largest absolute Gasteiger partial charge is 0.479 e. The summed E-state index contributed by atoms with van der Waals surface area (Å²) >= 11 is 0. The molecule has 6 heteroatoms. The standard InChI is InChI=1S/C15H18N2O4/c1-10(18)16-6-7-21-14(15(19)20)8-11-9-17-13-5-3-2-4-12(11)13/h2-5,9,14,17H,6-8H2,1H3,(H,16,18)(H,19,20)/t14-/m0/s1. The van der Waals surface area contributed by atoms with E-state index in [0.29, 0.717) is 6.54 Å². The smallest absolute Gasteiger partial charge is 0.333 e. The van der Waals surface area contributed by atoms with E-state index < -0.39 is 12.1 Å². The second kappa shape index (κ2) is 6.90. The number of amides is 1. The number of benzene rings is 1. The van der Waals surface area contributed by atoms with Crippen LogP contribution in [0, 0.1) is 0 Å². The fraction of sp³-hybridized carbons (Fsp3) is 0.333. The first kappa shape index (κ1) is 15.1. The predicted octanol–water partition coefficient (Wildman–Crippen LogP) is 1.32. The molecule has 0 radical (unpaired) electrons. The highest BCUT2D eigenvalue weighted by Gasteiger charge is 2.20. The maximum Gasteiger partial charge on any atom is 0.333 e. The van der Waals surface area contributed by atoms with Gasteiger partial charge in [0, 0.05) is 37.0 Å². The third-order valence-corrected chi connectivity index (χ3v) is 3.15. The molecule has 0 spiro atoms. The molecule has 0 saturated heterocycles. The molecule has 21 heavy (non-hydrogen) atoms. The third-order valence-electron chi connectivity index (χ3n) is 3.15. The molecule has 1 amide bonds. The molecular formula is C15H18N2O4. The summed E-state index contributed by atoms with van der Waals surface area (Å²) in [6.45, 7) is 1.87. The van der Waals surface area contributed by atoms with Crippen LogP contribution in [0.1, 0.15) is 12.5 Å². The lowest BCUT2D eigenvalue weighted by atomic mass is 10.1. The van der Waals surface area contributed by atoms with Crippen LogP contribution in [0.3, 0.4) is 0 Å². The highest BCUT2D eigenvalue weighted by atomic mass is 16.5. The van der Waals surface area contributed by atoms with Crippen LogP contribution < -0.4 is 5.32 Å². The Morgan fingerprint density at radius 2 is 2.14 bits per heavy atom. The number of ether oxygens (including phenoxy) is 1. The molecule has 0 unspecified atom stereocenters. The number of fused-ring (bicyclic) bond motifs is 1. The van der Waals surface area contributed by atoms with E-state index in [9.17, 15) is 14.7 Å². The molecule has 6 nitrogen and oxygen atoms in total. The number of rotatable bonds is 7. The number of aromatic amines is 1. The number of H-pyrrole nitrogens is 1. The lowest BCUT2D eigenvalue weighted by Gasteiger charge is -2.13. The van der Waals surface area contributed by atoms with E-state index in [-0.39, 0.29) is 18.9 Å². The quantitative estimate of drug-likeness (QED) is 0.671. The molecule has 112 valence electrons. The molecule has 2 rings (SSSR count). The first-order valence-corrected chi connectivity index (χ1v) is 6.71. The minimum absolute atomic E-state index is 0.165. The van der Waals surface area contributed by atoms with Crippen LogP contribution in [0.4, 0.5) is 0 Å². The molecule has 0 aliphatic carbocycles. The molecule has 2 aromatic rings. The molecule has 1 heterocycles. The summed E-state index contributed by atoms with van der Waals surface area (Å²) in [7, 11) is 0. The van der Waals surface area contributed by atoms with Crippen molar-refractivity contribution in [2.45, 2.75) is 19.4 Å². The Hall–Kier alpha value is -2.34. The maximum atomic E-state index is 11.3. The van der Waals surface area contributed by atoms with Crippen molar-refractivity contribution in [2.24, 2.45) is 0 Å². The van der Waals surface area contributed by atoms with E-state index in [4.69, 9.17) is 4.74 Å². The van der Waals surface area contributed by atoms with Gasteiger partial charge in [0.15, 0.2) is 6.10 Å². The van der Waals surface area contributed by atoms with Crippen molar-refractivity contribution in [3.63, 3.8) is 0 Å². The van der Waals surface area contributed by atoms with Gasteiger partial charge in [-0.3, -0.25) is 4.79 Å². The molecule has 3 N–H and O–H groups in total. The van der Waals surface area contributed by atoms with Crippen LogP contribution in [0.25, 0.3) is 10.9 Å². The average molecular weight is 290 g/mol. The van der Waals surface area contributed by atoms with E-state index in [1.807, 2.05) is 24.3 Å². The van der Waals surface area contributed by atoms with Gasteiger partial charge in [-0.25, -0.2) is 4.79 Å². The van der Waals surface area contributed by atoms with E-state index in [1.165, 1.54) is 6.92 Å². The van der Waals surface area contributed by atoms with E-state index >= 15 is 0 Å². The maximum absolute atomic E-state index is 11.3. The Labute approximate surface area is 122 Å². The summed E-state index contributed by atoms with van der Waals surface area (Å²) in [5, 5.41) is 12.8. The van der Waals surface area contributed by atoms with Crippen LogP contribution >= 0.6 is 0 Å². The minimum atomic E-state index is -1.01. The van der Waals surface area contributed by atoms with Gasteiger partial charge in [0.25, 0.3) is 0 Å². The van der Waals surface area contributed by atoms with E-state index in [2.05, 4.69) is 10.3 Å². The third kappa shape index (κ3) is 4.06. The summed E-state index contributed by atoms with van der Waals surface area (Å²) in [4.78, 5) is 25.1. The Balaban J connectivity index is 1.99. The lowest BCUT2D eigenvalue weighted by Crippen LogP contribution is -2.31. The van der Waals surface area contributed by atoms with Gasteiger partial charge < -0.3 is 20.1 Å². The van der Waals surface area contributed by atoms with Gasteiger partial charge in [-0.05, 0) is 11.6 Å². The number of aromatic nitrogens is 1. The Bertz CT molecular complexity index is 635. The Kier molecular flexibility index (Phi) is 4.94. The normalized spacial score (nSPS) is 12.2. The number of carboxylic acid groups (broad SMARTS) is 1. The average Bonchev–Trinajstić information content (AvgIpc) is 2.85. The molecule has 0 aliphatic rings. The van der Waals surface area contributed by atoms with E-state index in [0.717, 1.165) is 16.5 Å². The zero-order chi connectivity index (χ0) is 15.2. The fourth-order valence-electron chi connectivity index (χ4n) is 2.15. The van der Waals surface area contributed by atoms with Gasteiger partial charge in [-0.2, -0.15) is 0 Å². The Morgan fingerprint density at radius 3 is 2.86 bits per heavy atom. The molecule has 1 atom stereocenters. The van der Waals surface area contributed by atoms with Gasteiger partial charge >= 0.3 is 5.97 Å². The number of carboxylic acids is 1. The summed E-state index contributed by atoms with van der Waals surface area (Å²) in [6.07, 6.45) is 1.15. The lowest BCUT2D eigenvalue weighted by molar-refractivity contribution is -0.150. The van der Waals surface area contributed by atoms with E-state index in [1.54, 1.807) is 6.20 Å². The first-order chi connectivity index (χ1) is 10.1. The minimum Gasteiger partial charge on any atom is -0.479 e. The number of para-hydroxylation sites is 1. The molecule has 1 aromatic carbocycles. The topological polar surface area (TPSA) is 91.4 Å². The summed E-state index contributed by atoms with van der Waals surface area (Å²) in [5.74, 6) is -1.18. The summed E-state index contributed by atoms with van der Waals surface area (Å²) in [5.41, 5.74) is 1.87. The van der Waals surface area contributed by atoms with Crippen molar-refractivity contribution in [2.75, 3.05) is 13.2 Å². The van der Waals surface area contributed by atoms with Crippen LogP contribution in [0.5, 0.6) is 0 Å². The van der Waals surface area contributed by atoms with Gasteiger partial charge in [-0.1, -0.05) is 18.2 Å². The molecule has 0 fully saturated rings. The molecular weight excluding hydrogens is 272 g/mol. The second-order valence-electron chi connectivity index (χ2n) is 4.74. The van der Waals surface area contributed by atoms with Gasteiger partial charge in [0.2, 0.25) is 5.91 Å². The number of nitrogens with one attached hydrogen (secondary N) is 2. The van der Waals surface area contributed by atoms with Crippen LogP contribution in [-0.4, -0.2) is 41.2 Å². The van der Waals surface area contributed by atoms with Crippen molar-refractivity contribution in [3.05, 3.63) is 36.0 Å². The number of carbonyl (C=O) groups is 2. The first-order valence-electron chi connectivity index (χ1n) is 6.71. The number of hydrogen-bond acceptors (Lipinski definition) is 3. The second-order valence-corrected chi connectivity index (χ2v) is 4.74. The zero-order valence-electron chi connectivity index (χ0n) is 11.8. The van der Waals surface area contributed by atoms with Crippen molar-refractivity contribution < 1.29 is 19.4 Å². The van der Waals surface area contributed by atoms with Crippen molar-refractivity contribution in [1.82, 2.24) is 10.3 Å². The predicted molar refractivity (Wildman–Crippen MR) is 78.1 cm³/mol. The van der Waals surface area contributed by atoms with Crippen LogP contribution in [-0.2, 0) is 20.7 Å². The summed E-state index contributed by atoms with van der Waals surface area (Å²) < 4.78 is 5.35. The van der Waals surface area contributed by atoms with Crippen LogP contribution in [0.15, 0.2) is 30.5 Å². The molecule has 0 bridgehead atoms. The van der Waals surface area contributed by atoms with Crippen LogP contribution in [0.2, 0.25) is 0 Å². The highest BCUT2D eigenvalue weighted by Crippen LogP contribution is 2.19. The van der Waals surface area contributed by atoms with Gasteiger partial charge in [-0.15, -0.1) is 0 Å².